The first-order valence-corrected chi connectivity index (χ1v) is 8.14. The minimum Gasteiger partial charge on any atom is -0.385 e. The summed E-state index contributed by atoms with van der Waals surface area (Å²) in [7, 11) is 0. The molecule has 0 aliphatic carbocycles. The highest BCUT2D eigenvalue weighted by atomic mass is 16.2. The fourth-order valence-corrected chi connectivity index (χ4v) is 2.14. The number of hydrogen-bond acceptors (Lipinski definition) is 3. The summed E-state index contributed by atoms with van der Waals surface area (Å²) in [6.45, 7) is 10.2. The van der Waals surface area contributed by atoms with Crippen molar-refractivity contribution in [2.75, 3.05) is 18.4 Å². The van der Waals surface area contributed by atoms with Crippen LogP contribution in [0.15, 0.2) is 18.3 Å². The molecule has 0 aliphatic rings. The summed E-state index contributed by atoms with van der Waals surface area (Å²) in [5, 5.41) is 3.30. The maximum atomic E-state index is 12.7. The van der Waals surface area contributed by atoms with Gasteiger partial charge in [0.05, 0.1) is 0 Å². The number of nitrogens with one attached hydrogen (secondary N) is 1. The number of amides is 1. The van der Waals surface area contributed by atoms with E-state index in [1.54, 1.807) is 6.20 Å². The zero-order chi connectivity index (χ0) is 15.7. The summed E-state index contributed by atoms with van der Waals surface area (Å²) in [4.78, 5) is 18.9. The van der Waals surface area contributed by atoms with Crippen LogP contribution in [0, 0.1) is 0 Å². The standard InChI is InChI=1S/C17H29N3O/c1-5-8-12-20(14(4)7-3)17(21)16-13-15(9-11-19-16)18-10-6-2/h9,11,13-14H,5-8,10,12H2,1-4H3,(H,18,19). The normalized spacial score (nSPS) is 12.0. The number of unbranched alkanes of at least 4 members (excludes halogenated alkanes) is 1. The molecule has 1 heterocycles. The van der Waals surface area contributed by atoms with Gasteiger partial charge in [-0.25, -0.2) is 0 Å². The van der Waals surface area contributed by atoms with Crippen molar-refractivity contribution in [3.05, 3.63) is 24.0 Å². The fraction of sp³-hybridized carbons (Fsp3) is 0.647. The minimum absolute atomic E-state index is 0.0398. The second-order valence-corrected chi connectivity index (χ2v) is 5.47. The van der Waals surface area contributed by atoms with Gasteiger partial charge in [0.2, 0.25) is 0 Å². The molecule has 0 aliphatic heterocycles. The molecule has 1 rings (SSSR count). The molecule has 118 valence electrons. The smallest absolute Gasteiger partial charge is 0.272 e. The fourth-order valence-electron chi connectivity index (χ4n) is 2.14. The molecule has 0 saturated heterocycles. The van der Waals surface area contributed by atoms with Crippen LogP contribution in [0.1, 0.15) is 63.9 Å². The summed E-state index contributed by atoms with van der Waals surface area (Å²) in [5.74, 6) is 0.0398. The molecule has 1 aromatic heterocycles. The van der Waals surface area contributed by atoms with Crippen LogP contribution >= 0.6 is 0 Å². The van der Waals surface area contributed by atoms with Crippen molar-refractivity contribution in [1.29, 1.82) is 0 Å². The van der Waals surface area contributed by atoms with Gasteiger partial charge in [-0.15, -0.1) is 0 Å². The highest BCUT2D eigenvalue weighted by Gasteiger charge is 2.21. The van der Waals surface area contributed by atoms with Gasteiger partial charge in [-0.2, -0.15) is 0 Å². The Bertz CT molecular complexity index is 434. The molecule has 0 radical (unpaired) electrons. The van der Waals surface area contributed by atoms with E-state index in [1.165, 1.54) is 0 Å². The molecule has 21 heavy (non-hydrogen) atoms. The van der Waals surface area contributed by atoms with Crippen molar-refractivity contribution in [3.8, 4) is 0 Å². The van der Waals surface area contributed by atoms with Crippen molar-refractivity contribution < 1.29 is 4.79 Å². The Balaban J connectivity index is 2.86. The largest absolute Gasteiger partial charge is 0.385 e. The number of nitrogens with zero attached hydrogens (tertiary/aromatic N) is 2. The summed E-state index contributed by atoms with van der Waals surface area (Å²) < 4.78 is 0. The van der Waals surface area contributed by atoms with Crippen LogP contribution in [0.25, 0.3) is 0 Å². The Kier molecular flexibility index (Phi) is 7.80. The van der Waals surface area contributed by atoms with Gasteiger partial charge in [-0.05, 0) is 38.3 Å². The van der Waals surface area contributed by atoms with Gasteiger partial charge in [0.25, 0.3) is 5.91 Å². The SMILES string of the molecule is CCCCN(C(=O)c1cc(NCCC)ccn1)C(C)CC. The second kappa shape index (κ2) is 9.37. The number of hydrogen-bond donors (Lipinski definition) is 1. The molecule has 0 spiro atoms. The molecule has 1 unspecified atom stereocenters. The summed E-state index contributed by atoms with van der Waals surface area (Å²) >= 11 is 0. The second-order valence-electron chi connectivity index (χ2n) is 5.47. The zero-order valence-electron chi connectivity index (χ0n) is 13.9. The van der Waals surface area contributed by atoms with Gasteiger partial charge in [-0.3, -0.25) is 9.78 Å². The van der Waals surface area contributed by atoms with Crippen molar-refractivity contribution in [3.63, 3.8) is 0 Å². The molecule has 1 amide bonds. The molecule has 1 aromatic rings. The van der Waals surface area contributed by atoms with Crippen molar-refractivity contribution in [1.82, 2.24) is 9.88 Å². The van der Waals surface area contributed by atoms with E-state index in [9.17, 15) is 4.79 Å². The third kappa shape index (κ3) is 5.37. The third-order valence-electron chi connectivity index (χ3n) is 3.69. The summed E-state index contributed by atoms with van der Waals surface area (Å²) in [6.07, 6.45) is 5.85. The Morgan fingerprint density at radius 1 is 1.33 bits per heavy atom. The van der Waals surface area contributed by atoms with Gasteiger partial charge in [0, 0.05) is 31.0 Å². The Hall–Kier alpha value is -1.58. The monoisotopic (exact) mass is 291 g/mol. The van der Waals surface area contributed by atoms with E-state index in [0.717, 1.165) is 44.5 Å². The molecular formula is C17H29N3O. The number of anilines is 1. The topological polar surface area (TPSA) is 45.2 Å². The number of carbonyl (C=O) groups excluding carboxylic acids is 1. The summed E-state index contributed by atoms with van der Waals surface area (Å²) in [6, 6.07) is 4.02. The molecule has 1 N–H and O–H groups in total. The van der Waals surface area contributed by atoms with Crippen LogP contribution < -0.4 is 5.32 Å². The number of rotatable bonds is 9. The van der Waals surface area contributed by atoms with Gasteiger partial charge in [0.1, 0.15) is 5.69 Å². The van der Waals surface area contributed by atoms with E-state index in [-0.39, 0.29) is 11.9 Å². The lowest BCUT2D eigenvalue weighted by molar-refractivity contribution is 0.0679. The van der Waals surface area contributed by atoms with Crippen molar-refractivity contribution in [2.45, 2.75) is 59.4 Å². The molecule has 0 bridgehead atoms. The highest BCUT2D eigenvalue weighted by molar-refractivity contribution is 5.93. The summed E-state index contributed by atoms with van der Waals surface area (Å²) in [5.41, 5.74) is 1.50. The van der Waals surface area contributed by atoms with Gasteiger partial charge < -0.3 is 10.2 Å². The average molecular weight is 291 g/mol. The van der Waals surface area contributed by atoms with E-state index >= 15 is 0 Å². The quantitative estimate of drug-likeness (QED) is 0.749. The lowest BCUT2D eigenvalue weighted by Crippen LogP contribution is -2.39. The Labute approximate surface area is 129 Å². The average Bonchev–Trinajstić information content (AvgIpc) is 2.52. The van der Waals surface area contributed by atoms with Gasteiger partial charge in [0.15, 0.2) is 0 Å². The van der Waals surface area contributed by atoms with E-state index in [0.29, 0.717) is 5.69 Å². The molecule has 4 nitrogen and oxygen atoms in total. The Morgan fingerprint density at radius 3 is 2.71 bits per heavy atom. The van der Waals surface area contributed by atoms with E-state index < -0.39 is 0 Å². The first-order valence-electron chi connectivity index (χ1n) is 8.14. The van der Waals surface area contributed by atoms with Crippen molar-refractivity contribution in [2.24, 2.45) is 0 Å². The molecule has 0 aromatic carbocycles. The minimum atomic E-state index is 0.0398. The Morgan fingerprint density at radius 2 is 2.10 bits per heavy atom. The predicted octanol–water partition coefficient (Wildman–Crippen LogP) is 3.94. The van der Waals surface area contributed by atoms with E-state index in [4.69, 9.17) is 0 Å². The maximum Gasteiger partial charge on any atom is 0.272 e. The molecular weight excluding hydrogens is 262 g/mol. The van der Waals surface area contributed by atoms with Crippen LogP contribution in [0.3, 0.4) is 0 Å². The third-order valence-corrected chi connectivity index (χ3v) is 3.69. The highest BCUT2D eigenvalue weighted by Crippen LogP contribution is 2.14. The molecule has 0 fully saturated rings. The lowest BCUT2D eigenvalue weighted by atomic mass is 10.1. The number of aromatic nitrogens is 1. The van der Waals surface area contributed by atoms with Crippen LogP contribution in [0.5, 0.6) is 0 Å². The van der Waals surface area contributed by atoms with E-state index in [2.05, 4.69) is 38.0 Å². The van der Waals surface area contributed by atoms with E-state index in [1.807, 2.05) is 17.0 Å². The molecule has 1 atom stereocenters. The zero-order valence-corrected chi connectivity index (χ0v) is 13.9. The van der Waals surface area contributed by atoms with Crippen LogP contribution in [0.4, 0.5) is 5.69 Å². The molecule has 0 saturated carbocycles. The van der Waals surface area contributed by atoms with Crippen LogP contribution in [-0.2, 0) is 0 Å². The number of pyridine rings is 1. The number of carbonyl (C=O) groups is 1. The van der Waals surface area contributed by atoms with Crippen molar-refractivity contribution >= 4 is 11.6 Å². The molecule has 4 heteroatoms. The maximum absolute atomic E-state index is 12.7. The first-order chi connectivity index (χ1) is 10.1. The van der Waals surface area contributed by atoms with Crippen LogP contribution in [0.2, 0.25) is 0 Å². The lowest BCUT2D eigenvalue weighted by Gasteiger charge is -2.28. The van der Waals surface area contributed by atoms with Crippen LogP contribution in [-0.4, -0.2) is 34.9 Å². The van der Waals surface area contributed by atoms with Gasteiger partial charge in [-0.1, -0.05) is 27.2 Å². The first kappa shape index (κ1) is 17.5. The predicted molar refractivity (Wildman–Crippen MR) is 88.7 cm³/mol. The van der Waals surface area contributed by atoms with Gasteiger partial charge >= 0.3 is 0 Å².